The molecule has 106 valence electrons. The summed E-state index contributed by atoms with van der Waals surface area (Å²) < 4.78 is 27.4. The second-order valence-electron chi connectivity index (χ2n) is 4.76. The van der Waals surface area contributed by atoms with Gasteiger partial charge < -0.3 is 10.1 Å². The van der Waals surface area contributed by atoms with Crippen molar-refractivity contribution in [2.45, 2.75) is 38.6 Å². The highest BCUT2D eigenvalue weighted by Gasteiger charge is 2.26. The highest BCUT2D eigenvalue weighted by atomic mass is 32.2. The lowest BCUT2D eigenvalue weighted by atomic mass is 9.86. The Morgan fingerprint density at radius 1 is 1.28 bits per heavy atom. The fraction of sp³-hybridized carbons (Fsp3) is 0.917. The van der Waals surface area contributed by atoms with Crippen molar-refractivity contribution in [1.82, 2.24) is 5.32 Å². The van der Waals surface area contributed by atoms with Crippen LogP contribution in [0.3, 0.4) is 0 Å². The first kappa shape index (κ1) is 15.4. The van der Waals surface area contributed by atoms with E-state index in [9.17, 15) is 13.2 Å². The number of ether oxygens (including phenoxy) is 1. The van der Waals surface area contributed by atoms with Crippen molar-refractivity contribution in [3.05, 3.63) is 0 Å². The number of carbonyl (C=O) groups excluding carboxylic acids is 1. The molecule has 0 saturated heterocycles. The predicted molar refractivity (Wildman–Crippen MR) is 70.1 cm³/mol. The zero-order chi connectivity index (χ0) is 13.6. The molecule has 0 radical (unpaired) electrons. The molecule has 0 aliphatic heterocycles. The molecule has 1 aliphatic rings. The van der Waals surface area contributed by atoms with Crippen LogP contribution in [-0.2, 0) is 19.4 Å². The molecule has 1 rings (SSSR count). The number of rotatable bonds is 6. The standard InChI is InChI=1S/C12H23NO4S/c1-3-18(15,16)9-8-13-11-6-4-10(5-7-11)12(14)17-2/h10-11,13H,3-9H2,1-2H3. The molecular weight excluding hydrogens is 254 g/mol. The van der Waals surface area contributed by atoms with Gasteiger partial charge in [-0.05, 0) is 25.7 Å². The molecule has 0 aromatic carbocycles. The van der Waals surface area contributed by atoms with Crippen molar-refractivity contribution in [3.63, 3.8) is 0 Å². The van der Waals surface area contributed by atoms with Gasteiger partial charge in [-0.2, -0.15) is 0 Å². The molecule has 1 aliphatic carbocycles. The normalized spacial score (nSPS) is 24.8. The summed E-state index contributed by atoms with van der Waals surface area (Å²) in [7, 11) is -1.47. The van der Waals surface area contributed by atoms with Crippen LogP contribution in [0.25, 0.3) is 0 Å². The van der Waals surface area contributed by atoms with Crippen LogP contribution in [0.1, 0.15) is 32.6 Å². The van der Waals surface area contributed by atoms with E-state index in [0.717, 1.165) is 25.7 Å². The van der Waals surface area contributed by atoms with Crippen molar-refractivity contribution in [3.8, 4) is 0 Å². The zero-order valence-corrected chi connectivity index (χ0v) is 12.0. The van der Waals surface area contributed by atoms with Gasteiger partial charge in [0.25, 0.3) is 0 Å². The van der Waals surface area contributed by atoms with E-state index < -0.39 is 9.84 Å². The summed E-state index contributed by atoms with van der Waals surface area (Å²) in [5, 5.41) is 3.26. The molecule has 0 amide bonds. The van der Waals surface area contributed by atoms with Gasteiger partial charge in [0.1, 0.15) is 0 Å². The van der Waals surface area contributed by atoms with E-state index >= 15 is 0 Å². The van der Waals surface area contributed by atoms with E-state index in [4.69, 9.17) is 4.74 Å². The molecular formula is C12H23NO4S. The molecule has 0 spiro atoms. The van der Waals surface area contributed by atoms with Crippen LogP contribution in [-0.4, -0.2) is 45.6 Å². The Bertz CT molecular complexity index is 358. The Hall–Kier alpha value is -0.620. The quantitative estimate of drug-likeness (QED) is 0.725. The van der Waals surface area contributed by atoms with E-state index in [-0.39, 0.29) is 23.4 Å². The van der Waals surface area contributed by atoms with E-state index in [2.05, 4.69) is 5.32 Å². The number of sulfone groups is 1. The van der Waals surface area contributed by atoms with Crippen LogP contribution >= 0.6 is 0 Å². The average Bonchev–Trinajstić information content (AvgIpc) is 2.38. The minimum Gasteiger partial charge on any atom is -0.469 e. The molecule has 0 heterocycles. The molecule has 18 heavy (non-hydrogen) atoms. The maximum absolute atomic E-state index is 11.3. The van der Waals surface area contributed by atoms with Gasteiger partial charge in [0, 0.05) is 18.3 Å². The third-order valence-corrected chi connectivity index (χ3v) is 5.25. The van der Waals surface area contributed by atoms with Crippen molar-refractivity contribution in [2.75, 3.05) is 25.2 Å². The fourth-order valence-electron chi connectivity index (χ4n) is 2.26. The van der Waals surface area contributed by atoms with E-state index in [1.165, 1.54) is 7.11 Å². The van der Waals surface area contributed by atoms with Gasteiger partial charge >= 0.3 is 5.97 Å². The van der Waals surface area contributed by atoms with E-state index in [0.29, 0.717) is 12.6 Å². The number of carbonyl (C=O) groups is 1. The Kier molecular flexibility index (Phi) is 6.08. The maximum atomic E-state index is 11.3. The lowest BCUT2D eigenvalue weighted by Gasteiger charge is -2.27. The van der Waals surface area contributed by atoms with Gasteiger partial charge in [-0.3, -0.25) is 4.79 Å². The molecule has 0 aromatic heterocycles. The van der Waals surface area contributed by atoms with Crippen LogP contribution in [0, 0.1) is 5.92 Å². The summed E-state index contributed by atoms with van der Waals surface area (Å²) >= 11 is 0. The summed E-state index contributed by atoms with van der Waals surface area (Å²) in [6, 6.07) is 0.331. The Morgan fingerprint density at radius 2 is 1.89 bits per heavy atom. The molecule has 1 saturated carbocycles. The summed E-state index contributed by atoms with van der Waals surface area (Å²) in [5.74, 6) is 0.291. The van der Waals surface area contributed by atoms with Crippen LogP contribution < -0.4 is 5.32 Å². The Labute approximate surface area is 109 Å². The monoisotopic (exact) mass is 277 g/mol. The summed E-state index contributed by atoms with van der Waals surface area (Å²) in [4.78, 5) is 11.3. The van der Waals surface area contributed by atoms with Crippen LogP contribution in [0.15, 0.2) is 0 Å². The second-order valence-corrected chi connectivity index (χ2v) is 7.23. The van der Waals surface area contributed by atoms with Crippen molar-refractivity contribution < 1.29 is 17.9 Å². The van der Waals surface area contributed by atoms with Gasteiger partial charge in [0.05, 0.1) is 18.8 Å². The lowest BCUT2D eigenvalue weighted by molar-refractivity contribution is -0.146. The first-order chi connectivity index (χ1) is 8.48. The molecule has 0 bridgehead atoms. The van der Waals surface area contributed by atoms with Gasteiger partial charge in [-0.25, -0.2) is 8.42 Å². The SMILES string of the molecule is CCS(=O)(=O)CCNC1CCC(C(=O)OC)CC1. The van der Waals surface area contributed by atoms with Crippen LogP contribution in [0.2, 0.25) is 0 Å². The minimum atomic E-state index is -2.89. The maximum Gasteiger partial charge on any atom is 0.308 e. The largest absolute Gasteiger partial charge is 0.469 e. The smallest absolute Gasteiger partial charge is 0.308 e. The predicted octanol–water partition coefficient (Wildman–Crippen LogP) is 0.742. The number of methoxy groups -OCH3 is 1. The first-order valence-electron chi connectivity index (χ1n) is 6.50. The van der Waals surface area contributed by atoms with Crippen molar-refractivity contribution in [2.24, 2.45) is 5.92 Å². The molecule has 1 N–H and O–H groups in total. The molecule has 0 aromatic rings. The number of esters is 1. The van der Waals surface area contributed by atoms with E-state index in [1.54, 1.807) is 6.92 Å². The minimum absolute atomic E-state index is 0.0208. The number of nitrogens with one attached hydrogen (secondary N) is 1. The number of hydrogen-bond acceptors (Lipinski definition) is 5. The Balaban J connectivity index is 2.22. The topological polar surface area (TPSA) is 72.5 Å². The Morgan fingerprint density at radius 3 is 2.39 bits per heavy atom. The molecule has 0 unspecified atom stereocenters. The van der Waals surface area contributed by atoms with Crippen LogP contribution in [0.4, 0.5) is 0 Å². The van der Waals surface area contributed by atoms with Crippen LogP contribution in [0.5, 0.6) is 0 Å². The number of hydrogen-bond donors (Lipinski definition) is 1. The van der Waals surface area contributed by atoms with Gasteiger partial charge in [0.15, 0.2) is 9.84 Å². The molecule has 5 nitrogen and oxygen atoms in total. The average molecular weight is 277 g/mol. The molecule has 6 heteroatoms. The van der Waals surface area contributed by atoms with Crippen molar-refractivity contribution >= 4 is 15.8 Å². The summed E-state index contributed by atoms with van der Waals surface area (Å²) in [5.41, 5.74) is 0. The van der Waals surface area contributed by atoms with Gasteiger partial charge in [-0.1, -0.05) is 6.92 Å². The van der Waals surface area contributed by atoms with Gasteiger partial charge in [0.2, 0.25) is 0 Å². The molecule has 1 fully saturated rings. The summed E-state index contributed by atoms with van der Waals surface area (Å²) in [6.07, 6.45) is 3.47. The molecule has 0 atom stereocenters. The second kappa shape index (κ2) is 7.09. The lowest BCUT2D eigenvalue weighted by Crippen LogP contribution is -2.37. The van der Waals surface area contributed by atoms with E-state index in [1.807, 2.05) is 0 Å². The summed E-state index contributed by atoms with van der Waals surface area (Å²) in [6.45, 7) is 2.17. The third-order valence-electron chi connectivity index (χ3n) is 3.55. The highest BCUT2D eigenvalue weighted by Crippen LogP contribution is 2.25. The first-order valence-corrected chi connectivity index (χ1v) is 8.32. The highest BCUT2D eigenvalue weighted by molar-refractivity contribution is 7.91. The zero-order valence-electron chi connectivity index (χ0n) is 11.1. The fourth-order valence-corrected chi connectivity index (χ4v) is 2.98. The van der Waals surface area contributed by atoms with Crippen molar-refractivity contribution in [1.29, 1.82) is 0 Å². The third kappa shape index (κ3) is 4.94. The van der Waals surface area contributed by atoms with Gasteiger partial charge in [-0.15, -0.1) is 0 Å².